The first kappa shape index (κ1) is 40.6. The maximum absolute atomic E-state index is 10.4. The number of nitrogens with one attached hydrogen (secondary N) is 1. The van der Waals surface area contributed by atoms with Gasteiger partial charge in [0.1, 0.15) is 0 Å². The molecule has 0 spiro atoms. The van der Waals surface area contributed by atoms with Crippen molar-refractivity contribution in [3.05, 3.63) is 0 Å². The van der Waals surface area contributed by atoms with Crippen LogP contribution < -0.4 is 5.32 Å². The molecule has 0 aliphatic carbocycles. The number of aliphatic hydroxyl groups is 1. The van der Waals surface area contributed by atoms with Gasteiger partial charge in [-0.15, -0.1) is 0 Å². The quantitative estimate of drug-likeness (QED) is 0.0690. The largest absolute Gasteiger partial charge is 0.389 e. The molecule has 1 rings (SSSR count). The minimum Gasteiger partial charge on any atom is -0.389 e. The summed E-state index contributed by atoms with van der Waals surface area (Å²) in [6.45, 7) is 11.0. The van der Waals surface area contributed by atoms with Crippen molar-refractivity contribution in [2.75, 3.05) is 63.2 Å². The van der Waals surface area contributed by atoms with E-state index in [9.17, 15) is 5.11 Å². The Hall–Kier alpha value is 0.540. The van der Waals surface area contributed by atoms with Crippen molar-refractivity contribution in [3.8, 4) is 0 Å². The zero-order valence-electron chi connectivity index (χ0n) is 28.4. The second kappa shape index (κ2) is 32.9. The number of hydrogen-bond acceptors (Lipinski definition) is 6. The Morgan fingerprint density at radius 1 is 0.667 bits per heavy atom. The van der Waals surface area contributed by atoms with Gasteiger partial charge >= 0.3 is 0 Å². The van der Waals surface area contributed by atoms with Crippen molar-refractivity contribution >= 4 is 23.5 Å². The second-order valence-corrected chi connectivity index (χ2v) is 15.4. The molecule has 0 aromatic heterocycles. The van der Waals surface area contributed by atoms with E-state index in [1.807, 2.05) is 0 Å². The molecule has 2 atom stereocenters. The summed E-state index contributed by atoms with van der Waals surface area (Å²) in [5.41, 5.74) is 0. The summed E-state index contributed by atoms with van der Waals surface area (Å²) in [5.74, 6) is 3.73. The van der Waals surface area contributed by atoms with Crippen LogP contribution in [0.3, 0.4) is 0 Å². The first-order valence-corrected chi connectivity index (χ1v) is 20.8. The van der Waals surface area contributed by atoms with Crippen LogP contribution in [0.5, 0.6) is 0 Å². The number of nitrogens with zero attached hydrogens (tertiary/aromatic N) is 1. The molecule has 2 unspecified atom stereocenters. The molecule has 1 fully saturated rings. The van der Waals surface area contributed by atoms with Crippen LogP contribution in [0, 0.1) is 0 Å². The summed E-state index contributed by atoms with van der Waals surface area (Å²) in [5, 5.41) is 14.4. The van der Waals surface area contributed by atoms with Gasteiger partial charge in [-0.2, -0.15) is 23.5 Å². The average molecular weight is 631 g/mol. The highest BCUT2D eigenvalue weighted by Crippen LogP contribution is 2.21. The number of ether oxygens (including phenoxy) is 1. The van der Waals surface area contributed by atoms with E-state index in [4.69, 9.17) is 4.74 Å². The molecule has 2 N–H and O–H groups in total. The third-order valence-corrected chi connectivity index (χ3v) is 11.3. The summed E-state index contributed by atoms with van der Waals surface area (Å²) >= 11 is 4.25. The first-order chi connectivity index (χ1) is 20.8. The predicted molar refractivity (Wildman–Crippen MR) is 193 cm³/mol. The van der Waals surface area contributed by atoms with Crippen LogP contribution in [-0.2, 0) is 4.74 Å². The van der Waals surface area contributed by atoms with Crippen molar-refractivity contribution in [3.63, 3.8) is 0 Å². The van der Waals surface area contributed by atoms with Crippen LogP contribution in [0.4, 0.5) is 0 Å². The molecule has 42 heavy (non-hydrogen) atoms. The highest BCUT2D eigenvalue weighted by Gasteiger charge is 2.13. The van der Waals surface area contributed by atoms with Crippen LogP contribution in [0.2, 0.25) is 0 Å². The SMILES string of the molecule is CCCCCCCCCCCCSCC(COCC(O)CNCCN1CCCC1)SCCCCCCCCCCCC. The van der Waals surface area contributed by atoms with Crippen molar-refractivity contribution in [2.45, 2.75) is 166 Å². The summed E-state index contributed by atoms with van der Waals surface area (Å²) in [7, 11) is 0. The number of hydrogen-bond donors (Lipinski definition) is 2. The smallest absolute Gasteiger partial charge is 0.0897 e. The molecule has 1 aliphatic rings. The molecule has 0 bridgehead atoms. The fourth-order valence-corrected chi connectivity index (χ4v) is 8.30. The van der Waals surface area contributed by atoms with E-state index in [1.54, 1.807) is 0 Å². The topological polar surface area (TPSA) is 44.7 Å². The Kier molecular flexibility index (Phi) is 31.8. The summed E-state index contributed by atoms with van der Waals surface area (Å²) in [6, 6.07) is 0. The second-order valence-electron chi connectivity index (χ2n) is 12.9. The molecule has 0 radical (unpaired) electrons. The molecule has 4 nitrogen and oxygen atoms in total. The summed E-state index contributed by atoms with van der Waals surface area (Å²) < 4.78 is 6.06. The van der Waals surface area contributed by atoms with Gasteiger partial charge in [0.15, 0.2) is 0 Å². The summed E-state index contributed by atoms with van der Waals surface area (Å²) in [4.78, 5) is 2.51. The van der Waals surface area contributed by atoms with E-state index >= 15 is 0 Å². The zero-order valence-corrected chi connectivity index (χ0v) is 30.0. The molecular formula is C36H74N2O2S2. The molecule has 0 aromatic rings. The van der Waals surface area contributed by atoms with Crippen LogP contribution in [0.1, 0.15) is 155 Å². The molecule has 0 saturated carbocycles. The van der Waals surface area contributed by atoms with Gasteiger partial charge in [-0.05, 0) is 50.3 Å². The van der Waals surface area contributed by atoms with Crippen LogP contribution in [0.15, 0.2) is 0 Å². The van der Waals surface area contributed by atoms with E-state index in [0.717, 1.165) is 19.7 Å². The van der Waals surface area contributed by atoms with Crippen molar-refractivity contribution < 1.29 is 9.84 Å². The fourth-order valence-electron chi connectivity index (χ4n) is 5.80. The minimum absolute atomic E-state index is 0.407. The molecule has 1 aliphatic heterocycles. The van der Waals surface area contributed by atoms with E-state index in [2.05, 4.69) is 47.6 Å². The summed E-state index contributed by atoms with van der Waals surface area (Å²) in [6.07, 6.45) is 30.4. The monoisotopic (exact) mass is 631 g/mol. The van der Waals surface area contributed by atoms with E-state index in [1.165, 1.54) is 172 Å². The van der Waals surface area contributed by atoms with Crippen LogP contribution in [-0.4, -0.2) is 84.6 Å². The molecule has 0 aromatic carbocycles. The lowest BCUT2D eigenvalue weighted by Gasteiger charge is -2.19. The van der Waals surface area contributed by atoms with Gasteiger partial charge in [-0.25, -0.2) is 0 Å². The number of aliphatic hydroxyl groups excluding tert-OH is 1. The average Bonchev–Trinajstić information content (AvgIpc) is 3.52. The molecule has 6 heteroatoms. The Morgan fingerprint density at radius 3 is 1.71 bits per heavy atom. The Labute approximate surface area is 272 Å². The van der Waals surface area contributed by atoms with Crippen LogP contribution >= 0.6 is 23.5 Å². The van der Waals surface area contributed by atoms with Crippen molar-refractivity contribution in [2.24, 2.45) is 0 Å². The molecule has 252 valence electrons. The highest BCUT2D eigenvalue weighted by atomic mass is 32.2. The lowest BCUT2D eigenvalue weighted by molar-refractivity contribution is 0.0389. The molecule has 0 amide bonds. The van der Waals surface area contributed by atoms with Crippen molar-refractivity contribution in [1.29, 1.82) is 0 Å². The van der Waals surface area contributed by atoms with Gasteiger partial charge in [0.25, 0.3) is 0 Å². The fraction of sp³-hybridized carbons (Fsp3) is 1.00. The molecular weight excluding hydrogens is 557 g/mol. The lowest BCUT2D eigenvalue weighted by atomic mass is 10.1. The third kappa shape index (κ3) is 28.0. The Balaban J connectivity index is 2.12. The van der Waals surface area contributed by atoms with Gasteiger partial charge < -0.3 is 20.1 Å². The van der Waals surface area contributed by atoms with Crippen LogP contribution in [0.25, 0.3) is 0 Å². The Bertz CT molecular complexity index is 523. The van der Waals surface area contributed by atoms with Gasteiger partial charge in [-0.1, -0.05) is 129 Å². The normalized spacial score (nSPS) is 15.5. The maximum atomic E-state index is 10.4. The third-order valence-electron chi connectivity index (χ3n) is 8.59. The van der Waals surface area contributed by atoms with E-state index in [0.29, 0.717) is 18.4 Å². The highest BCUT2D eigenvalue weighted by molar-refractivity contribution is 8.03. The number of thioether (sulfide) groups is 2. The van der Waals surface area contributed by atoms with E-state index < -0.39 is 6.10 Å². The number of likely N-dealkylation sites (tertiary alicyclic amines) is 1. The zero-order chi connectivity index (χ0) is 30.2. The maximum Gasteiger partial charge on any atom is 0.0897 e. The van der Waals surface area contributed by atoms with Gasteiger partial charge in [-0.3, -0.25) is 0 Å². The lowest BCUT2D eigenvalue weighted by Crippen LogP contribution is -2.36. The number of rotatable bonds is 34. The minimum atomic E-state index is -0.407. The van der Waals surface area contributed by atoms with Gasteiger partial charge in [0.2, 0.25) is 0 Å². The number of unbranched alkanes of at least 4 members (excludes halogenated alkanes) is 18. The molecule has 1 saturated heterocycles. The van der Waals surface area contributed by atoms with Gasteiger partial charge in [0, 0.05) is 30.6 Å². The molecule has 1 heterocycles. The van der Waals surface area contributed by atoms with Crippen molar-refractivity contribution in [1.82, 2.24) is 10.2 Å². The predicted octanol–water partition coefficient (Wildman–Crippen LogP) is 9.73. The van der Waals surface area contributed by atoms with E-state index in [-0.39, 0.29) is 0 Å². The van der Waals surface area contributed by atoms with Gasteiger partial charge in [0.05, 0.1) is 19.3 Å². The first-order valence-electron chi connectivity index (χ1n) is 18.6. The standard InChI is InChI=1S/C36H74N2O2S2/c1-3-5-7-9-11-13-15-17-19-23-29-41-34-36(42-30-24-20-18-16-14-12-10-8-6-4-2)33-40-32-35(39)31-37-25-28-38-26-21-22-27-38/h35-37,39H,3-34H2,1-2H3. The Morgan fingerprint density at radius 2 is 1.17 bits per heavy atom.